The molecule has 2 aromatic rings. The number of anilines is 1. The maximum Gasteiger partial charge on any atom is 0.293 e. The van der Waals surface area contributed by atoms with Crippen LogP contribution < -0.4 is 10.6 Å². The normalized spacial score (nSPS) is 10.0. The second-order valence-corrected chi connectivity index (χ2v) is 5.11. The molecule has 0 saturated carbocycles. The van der Waals surface area contributed by atoms with E-state index in [1.165, 1.54) is 6.26 Å². The van der Waals surface area contributed by atoms with Crippen molar-refractivity contribution in [2.24, 2.45) is 0 Å². The quantitative estimate of drug-likeness (QED) is 0.823. The summed E-state index contributed by atoms with van der Waals surface area (Å²) < 4.78 is 5.99. The van der Waals surface area contributed by atoms with Crippen LogP contribution in [0.1, 0.15) is 16.1 Å². The fourth-order valence-electron chi connectivity index (χ4n) is 1.46. The average molecular weight is 339 g/mol. The van der Waals surface area contributed by atoms with Gasteiger partial charge in [0.25, 0.3) is 5.91 Å². The summed E-state index contributed by atoms with van der Waals surface area (Å²) in [4.78, 5) is 11.7. The lowest BCUT2D eigenvalue weighted by Gasteiger charge is -2.09. The lowest BCUT2D eigenvalue weighted by atomic mass is 10.2. The largest absolute Gasteiger partial charge is 0.459 e. The Morgan fingerprint density at radius 1 is 1.37 bits per heavy atom. The molecule has 6 heteroatoms. The van der Waals surface area contributed by atoms with E-state index in [1.807, 2.05) is 25.1 Å². The minimum absolute atomic E-state index is 0.219. The number of thiocarbonyl (C=S) groups is 1. The van der Waals surface area contributed by atoms with E-state index in [2.05, 4.69) is 26.6 Å². The van der Waals surface area contributed by atoms with E-state index >= 15 is 0 Å². The topological polar surface area (TPSA) is 54.3 Å². The van der Waals surface area contributed by atoms with E-state index in [9.17, 15) is 4.79 Å². The standard InChI is InChI=1S/C13H11BrN2O2S/c1-8-7-9(4-5-10(8)14)15-13(19)16-12(17)11-3-2-6-18-11/h2-7H,1H3,(H2,15,16,17,19). The molecular weight excluding hydrogens is 328 g/mol. The molecule has 98 valence electrons. The van der Waals surface area contributed by atoms with Crippen LogP contribution in [-0.2, 0) is 0 Å². The molecule has 4 nitrogen and oxygen atoms in total. The van der Waals surface area contributed by atoms with Crippen molar-refractivity contribution in [3.63, 3.8) is 0 Å². The van der Waals surface area contributed by atoms with Gasteiger partial charge in [-0.25, -0.2) is 0 Å². The molecule has 0 atom stereocenters. The Balaban J connectivity index is 1.98. The van der Waals surface area contributed by atoms with Crippen molar-refractivity contribution < 1.29 is 9.21 Å². The van der Waals surface area contributed by atoms with E-state index in [-0.39, 0.29) is 16.8 Å². The van der Waals surface area contributed by atoms with Gasteiger partial charge >= 0.3 is 0 Å². The highest BCUT2D eigenvalue weighted by atomic mass is 79.9. The Bertz CT molecular complexity index is 611. The summed E-state index contributed by atoms with van der Waals surface area (Å²) in [7, 11) is 0. The molecule has 1 amide bonds. The van der Waals surface area contributed by atoms with Gasteiger partial charge in [0.1, 0.15) is 0 Å². The van der Waals surface area contributed by atoms with Gasteiger partial charge in [-0.1, -0.05) is 15.9 Å². The molecule has 0 aliphatic carbocycles. The molecule has 0 aliphatic rings. The van der Waals surface area contributed by atoms with Crippen LogP contribution in [0.5, 0.6) is 0 Å². The molecule has 0 radical (unpaired) electrons. The number of hydrogen-bond donors (Lipinski definition) is 2. The minimum atomic E-state index is -0.378. The van der Waals surface area contributed by atoms with Gasteiger partial charge < -0.3 is 9.73 Å². The van der Waals surface area contributed by atoms with Gasteiger partial charge in [-0.3, -0.25) is 10.1 Å². The number of carbonyl (C=O) groups is 1. The van der Waals surface area contributed by atoms with Crippen LogP contribution in [0.15, 0.2) is 45.5 Å². The Morgan fingerprint density at radius 2 is 2.16 bits per heavy atom. The summed E-state index contributed by atoms with van der Waals surface area (Å²) >= 11 is 8.49. The molecule has 1 aromatic heterocycles. The molecule has 0 bridgehead atoms. The van der Waals surface area contributed by atoms with Crippen LogP contribution >= 0.6 is 28.1 Å². The van der Waals surface area contributed by atoms with Gasteiger partial charge in [-0.2, -0.15) is 0 Å². The van der Waals surface area contributed by atoms with Gasteiger partial charge in [-0.05, 0) is 55.0 Å². The molecular formula is C13H11BrN2O2S. The third-order valence-electron chi connectivity index (χ3n) is 2.39. The SMILES string of the molecule is Cc1cc(NC(=S)NC(=O)c2ccco2)ccc1Br. The van der Waals surface area contributed by atoms with Gasteiger partial charge in [0.2, 0.25) is 0 Å². The molecule has 0 saturated heterocycles. The van der Waals surface area contributed by atoms with Crippen molar-refractivity contribution >= 4 is 44.9 Å². The summed E-state index contributed by atoms with van der Waals surface area (Å²) in [6, 6.07) is 8.91. The first-order valence-electron chi connectivity index (χ1n) is 5.48. The number of carbonyl (C=O) groups excluding carboxylic acids is 1. The zero-order valence-electron chi connectivity index (χ0n) is 10.1. The van der Waals surface area contributed by atoms with Gasteiger partial charge in [0.15, 0.2) is 10.9 Å². The van der Waals surface area contributed by atoms with Gasteiger partial charge in [-0.15, -0.1) is 0 Å². The lowest BCUT2D eigenvalue weighted by Crippen LogP contribution is -2.33. The van der Waals surface area contributed by atoms with Crippen LogP contribution in [0.3, 0.4) is 0 Å². The Morgan fingerprint density at radius 3 is 2.79 bits per heavy atom. The van der Waals surface area contributed by atoms with Crippen LogP contribution in [0.25, 0.3) is 0 Å². The van der Waals surface area contributed by atoms with Crippen molar-refractivity contribution in [3.8, 4) is 0 Å². The van der Waals surface area contributed by atoms with E-state index in [0.29, 0.717) is 0 Å². The number of furan rings is 1. The molecule has 0 fully saturated rings. The third kappa shape index (κ3) is 3.65. The summed E-state index contributed by atoms with van der Waals surface area (Å²) in [5, 5.41) is 5.71. The number of aryl methyl sites for hydroxylation is 1. The summed E-state index contributed by atoms with van der Waals surface area (Å²) in [5.41, 5.74) is 1.88. The second kappa shape index (κ2) is 5.99. The second-order valence-electron chi connectivity index (χ2n) is 3.85. The summed E-state index contributed by atoms with van der Waals surface area (Å²) in [5.74, 6) is -0.160. The number of halogens is 1. The Kier molecular flexibility index (Phi) is 4.34. The smallest absolute Gasteiger partial charge is 0.293 e. The first-order valence-corrected chi connectivity index (χ1v) is 6.68. The molecule has 1 heterocycles. The number of nitrogens with one attached hydrogen (secondary N) is 2. The van der Waals surface area contributed by atoms with Crippen molar-refractivity contribution in [1.82, 2.24) is 5.32 Å². The Labute approximate surface area is 124 Å². The maximum absolute atomic E-state index is 11.7. The fraction of sp³-hybridized carbons (Fsp3) is 0.0769. The minimum Gasteiger partial charge on any atom is -0.459 e. The highest BCUT2D eigenvalue weighted by Crippen LogP contribution is 2.19. The number of amides is 1. The fourth-order valence-corrected chi connectivity index (χ4v) is 1.91. The molecule has 0 unspecified atom stereocenters. The summed E-state index contributed by atoms with van der Waals surface area (Å²) in [6.07, 6.45) is 1.43. The van der Waals surface area contributed by atoms with E-state index in [0.717, 1.165) is 15.7 Å². The van der Waals surface area contributed by atoms with E-state index in [4.69, 9.17) is 16.6 Å². The number of rotatable bonds is 2. The molecule has 0 aliphatic heterocycles. The highest BCUT2D eigenvalue weighted by Gasteiger charge is 2.10. The van der Waals surface area contributed by atoms with Crippen LogP contribution in [0.4, 0.5) is 5.69 Å². The van der Waals surface area contributed by atoms with Gasteiger partial charge in [0.05, 0.1) is 6.26 Å². The first kappa shape index (κ1) is 13.8. The predicted octanol–water partition coefficient (Wildman–Crippen LogP) is 3.48. The Hall–Kier alpha value is -1.66. The van der Waals surface area contributed by atoms with Crippen molar-refractivity contribution in [3.05, 3.63) is 52.4 Å². The summed E-state index contributed by atoms with van der Waals surface area (Å²) in [6.45, 7) is 1.97. The van der Waals surface area contributed by atoms with E-state index < -0.39 is 0 Å². The number of hydrogen-bond acceptors (Lipinski definition) is 3. The lowest BCUT2D eigenvalue weighted by molar-refractivity contribution is 0.0950. The molecule has 19 heavy (non-hydrogen) atoms. The molecule has 2 rings (SSSR count). The zero-order chi connectivity index (χ0) is 13.8. The van der Waals surface area contributed by atoms with Crippen molar-refractivity contribution in [2.45, 2.75) is 6.92 Å². The number of benzene rings is 1. The van der Waals surface area contributed by atoms with E-state index in [1.54, 1.807) is 12.1 Å². The average Bonchev–Trinajstić information content (AvgIpc) is 2.87. The monoisotopic (exact) mass is 338 g/mol. The van der Waals surface area contributed by atoms with Crippen LogP contribution in [-0.4, -0.2) is 11.0 Å². The molecule has 0 spiro atoms. The van der Waals surface area contributed by atoms with Crippen molar-refractivity contribution in [1.29, 1.82) is 0 Å². The van der Waals surface area contributed by atoms with Gasteiger partial charge in [0, 0.05) is 10.2 Å². The predicted molar refractivity (Wildman–Crippen MR) is 81.3 cm³/mol. The van der Waals surface area contributed by atoms with Crippen molar-refractivity contribution in [2.75, 3.05) is 5.32 Å². The maximum atomic E-state index is 11.7. The highest BCUT2D eigenvalue weighted by molar-refractivity contribution is 9.10. The molecule has 1 aromatic carbocycles. The molecule has 2 N–H and O–H groups in total. The third-order valence-corrected chi connectivity index (χ3v) is 3.48. The zero-order valence-corrected chi connectivity index (χ0v) is 12.5. The van der Waals surface area contributed by atoms with Crippen LogP contribution in [0.2, 0.25) is 0 Å². The van der Waals surface area contributed by atoms with Crippen LogP contribution in [0, 0.1) is 6.92 Å². The first-order chi connectivity index (χ1) is 9.06.